The minimum atomic E-state index is -0.532. The number of aldehydes is 1. The number of nitrogens with two attached hydrogens (primary N) is 3. The Balaban J connectivity index is 0.000000246. The second kappa shape index (κ2) is 17.5. The summed E-state index contributed by atoms with van der Waals surface area (Å²) in [4.78, 5) is 44.0. The molecule has 272 valence electrons. The molecule has 1 aromatic heterocycles. The van der Waals surface area contributed by atoms with Gasteiger partial charge in [-0.3, -0.25) is 14.6 Å². The van der Waals surface area contributed by atoms with Crippen molar-refractivity contribution in [1.29, 1.82) is 10.5 Å². The van der Waals surface area contributed by atoms with Gasteiger partial charge in [-0.25, -0.2) is 9.78 Å². The summed E-state index contributed by atoms with van der Waals surface area (Å²) < 4.78 is 5.34. The lowest BCUT2D eigenvalue weighted by Crippen LogP contribution is -2.51. The fraction of sp³-hybridized carbons (Fsp3) is 0.486. The van der Waals surface area contributed by atoms with Crippen molar-refractivity contribution in [3.05, 3.63) is 47.3 Å². The Hall–Kier alpha value is -5.47. The number of hydrogen-bond donors (Lipinski definition) is 4. The molecule has 5 rings (SSSR count). The molecule has 0 aliphatic carbocycles. The first-order valence-electron chi connectivity index (χ1n) is 16.9. The van der Waals surface area contributed by atoms with Crippen LogP contribution in [-0.4, -0.2) is 72.0 Å². The summed E-state index contributed by atoms with van der Waals surface area (Å²) in [5, 5.41) is 21.3. The van der Waals surface area contributed by atoms with Crippen molar-refractivity contribution in [3.8, 4) is 12.1 Å². The Bertz CT molecular complexity index is 1800. The number of benzene rings is 2. The van der Waals surface area contributed by atoms with Crippen LogP contribution in [0.2, 0.25) is 0 Å². The summed E-state index contributed by atoms with van der Waals surface area (Å²) in [6.45, 7) is 16.2. The molecule has 0 bridgehead atoms. The van der Waals surface area contributed by atoms with Gasteiger partial charge in [0, 0.05) is 51.4 Å². The van der Waals surface area contributed by atoms with E-state index in [1.807, 2.05) is 52.0 Å². The van der Waals surface area contributed by atoms with Crippen LogP contribution in [-0.2, 0) is 14.3 Å². The summed E-state index contributed by atoms with van der Waals surface area (Å²) in [6, 6.07) is 11.7. The zero-order valence-electron chi connectivity index (χ0n) is 30.6. The topological polar surface area (TPSA) is 230 Å². The van der Waals surface area contributed by atoms with E-state index in [0.29, 0.717) is 46.4 Å². The molecule has 14 heteroatoms. The van der Waals surface area contributed by atoms with E-state index in [4.69, 9.17) is 32.0 Å². The number of hydrogen-bond acceptors (Lipinski definition) is 13. The van der Waals surface area contributed by atoms with Gasteiger partial charge >= 0.3 is 6.09 Å². The van der Waals surface area contributed by atoms with Crippen LogP contribution < -0.4 is 32.3 Å². The van der Waals surface area contributed by atoms with Crippen molar-refractivity contribution >= 4 is 51.9 Å². The highest BCUT2D eigenvalue weighted by molar-refractivity contribution is 6.23. The van der Waals surface area contributed by atoms with Crippen LogP contribution in [0.4, 0.5) is 27.5 Å². The van der Waals surface area contributed by atoms with E-state index < -0.39 is 17.5 Å². The Kier molecular flexibility index (Phi) is 13.7. The molecule has 3 heterocycles. The van der Waals surface area contributed by atoms with Crippen LogP contribution in [0.1, 0.15) is 71.2 Å². The summed E-state index contributed by atoms with van der Waals surface area (Å²) in [5.41, 5.74) is 23.5. The fourth-order valence-electron chi connectivity index (χ4n) is 6.24. The molecule has 51 heavy (non-hydrogen) atoms. The summed E-state index contributed by atoms with van der Waals surface area (Å²) in [6.07, 6.45) is 3.52. The fourth-order valence-corrected chi connectivity index (χ4v) is 6.24. The summed E-state index contributed by atoms with van der Waals surface area (Å²) >= 11 is 0. The van der Waals surface area contributed by atoms with Gasteiger partial charge in [0.05, 0.1) is 39.6 Å². The first-order valence-corrected chi connectivity index (χ1v) is 16.9. The van der Waals surface area contributed by atoms with Gasteiger partial charge in [-0.1, -0.05) is 13.8 Å². The lowest BCUT2D eigenvalue weighted by molar-refractivity contribution is -0.128. The standard InChI is InChI=1S/C18H27N5O2.C16H19N5.C3H4O2/c1-11-7-13(22-17(24)25-18(2,3)4)10-23(9-11)14-6-5-12(8-19)15(20)16(14)21;1-10-5-13(18)9-21(8-10)14-4-3-12(6-17)15-16(14)19-7-11(2)20-15;1-3(5)2-4/h5-6,11,13H,7,9-10,20-21H2,1-4H3,(H,22,24);3-4,7,10,13H,5,8-9,18H2,1-2H3;2H,1H3/t11-,13+;10-,13+;/m00./s1. The molecule has 0 radical (unpaired) electrons. The maximum absolute atomic E-state index is 12.0. The number of aromatic nitrogens is 2. The Morgan fingerprint density at radius 3 is 2.06 bits per heavy atom. The number of carbonyl (C=O) groups excluding carboxylic acids is 3. The van der Waals surface area contributed by atoms with Crippen molar-refractivity contribution in [2.75, 3.05) is 47.4 Å². The largest absolute Gasteiger partial charge is 0.444 e. The molecule has 0 spiro atoms. The maximum atomic E-state index is 12.0. The summed E-state index contributed by atoms with van der Waals surface area (Å²) in [5.74, 6) is 0.493. The van der Waals surface area contributed by atoms with E-state index in [-0.39, 0.29) is 18.4 Å². The normalized spacial score (nSPS) is 20.0. The third-order valence-corrected chi connectivity index (χ3v) is 8.22. The number of aryl methyl sites for hydroxylation is 1. The molecule has 0 saturated carbocycles. The number of nitriles is 2. The smallest absolute Gasteiger partial charge is 0.407 e. The predicted octanol–water partition coefficient (Wildman–Crippen LogP) is 4.22. The highest BCUT2D eigenvalue weighted by Gasteiger charge is 2.29. The number of alkyl carbamates (subject to hydrolysis) is 1. The lowest BCUT2D eigenvalue weighted by atomic mass is 9.95. The van der Waals surface area contributed by atoms with Crippen molar-refractivity contribution in [1.82, 2.24) is 15.3 Å². The molecular formula is C37H50N10O4. The Morgan fingerprint density at radius 2 is 1.49 bits per heavy atom. The number of nitrogen functional groups attached to an aromatic ring is 2. The van der Waals surface area contributed by atoms with Gasteiger partial charge in [0.1, 0.15) is 28.8 Å². The SMILES string of the molecule is CC(=O)C=O.C[C@H]1C[C@@H](NC(=O)OC(C)(C)C)CN(c2ccc(C#N)c(N)c2N)C1.Cc1cnc2c(N3C[C@@H](C)C[C@@H](N)C3)ccc(C#N)c2n1. The number of nitrogens with one attached hydrogen (secondary N) is 1. The number of ketones is 1. The van der Waals surface area contributed by atoms with Crippen LogP contribution in [0.3, 0.4) is 0 Å². The van der Waals surface area contributed by atoms with Crippen molar-refractivity contribution in [2.24, 2.45) is 17.6 Å². The first kappa shape index (κ1) is 40.0. The van der Waals surface area contributed by atoms with Crippen LogP contribution in [0, 0.1) is 41.4 Å². The van der Waals surface area contributed by atoms with Crippen LogP contribution >= 0.6 is 0 Å². The van der Waals surface area contributed by atoms with Gasteiger partial charge < -0.3 is 37.1 Å². The van der Waals surface area contributed by atoms with Gasteiger partial charge in [0.25, 0.3) is 0 Å². The van der Waals surface area contributed by atoms with Gasteiger partial charge in [-0.15, -0.1) is 0 Å². The van der Waals surface area contributed by atoms with Crippen LogP contribution in [0.15, 0.2) is 30.5 Å². The first-order chi connectivity index (χ1) is 24.0. The maximum Gasteiger partial charge on any atom is 0.407 e. The van der Waals surface area contributed by atoms with E-state index >= 15 is 0 Å². The number of piperidine rings is 2. The number of rotatable bonds is 4. The molecule has 2 saturated heterocycles. The molecule has 14 nitrogen and oxygen atoms in total. The number of anilines is 4. The minimum absolute atomic E-state index is 0.0464. The van der Waals surface area contributed by atoms with Gasteiger partial charge in [-0.05, 0) is 76.6 Å². The molecule has 3 aromatic rings. The molecule has 4 atom stereocenters. The zero-order valence-corrected chi connectivity index (χ0v) is 30.6. The quantitative estimate of drug-likeness (QED) is 0.170. The monoisotopic (exact) mass is 698 g/mol. The van der Waals surface area contributed by atoms with E-state index in [2.05, 4.69) is 45.0 Å². The zero-order chi connectivity index (χ0) is 38.0. The van der Waals surface area contributed by atoms with Crippen molar-refractivity contribution < 1.29 is 19.1 Å². The van der Waals surface area contributed by atoms with Gasteiger partial charge in [-0.2, -0.15) is 10.5 Å². The number of nitrogens with zero attached hydrogens (tertiary/aromatic N) is 6. The molecule has 2 aromatic carbocycles. The molecule has 2 aliphatic rings. The number of ether oxygens (including phenoxy) is 1. The van der Waals surface area contributed by atoms with Crippen LogP contribution in [0.25, 0.3) is 11.0 Å². The van der Waals surface area contributed by atoms with Gasteiger partial charge in [0.2, 0.25) is 0 Å². The lowest BCUT2D eigenvalue weighted by Gasteiger charge is -2.39. The Labute approximate surface area is 299 Å². The number of carbonyl (C=O) groups is 3. The molecule has 2 fully saturated rings. The van der Waals surface area contributed by atoms with E-state index in [1.54, 1.807) is 12.3 Å². The molecule has 1 amide bonds. The second-order valence-electron chi connectivity index (χ2n) is 14.3. The third kappa shape index (κ3) is 11.3. The average molecular weight is 699 g/mol. The highest BCUT2D eigenvalue weighted by Crippen LogP contribution is 2.34. The van der Waals surface area contributed by atoms with E-state index in [1.165, 1.54) is 6.92 Å². The second-order valence-corrected chi connectivity index (χ2v) is 14.3. The third-order valence-electron chi connectivity index (χ3n) is 8.22. The van der Waals surface area contributed by atoms with Crippen molar-refractivity contribution in [3.63, 3.8) is 0 Å². The molecule has 0 unspecified atom stereocenters. The number of Topliss-reactive ketones (excluding diaryl/α,β-unsaturated/α-hetero) is 1. The van der Waals surface area contributed by atoms with Crippen molar-refractivity contribution in [2.45, 2.75) is 79.0 Å². The number of amides is 1. The molecule has 2 aliphatic heterocycles. The molecular weight excluding hydrogens is 648 g/mol. The highest BCUT2D eigenvalue weighted by atomic mass is 16.6. The van der Waals surface area contributed by atoms with Gasteiger partial charge in [0.15, 0.2) is 12.1 Å². The number of fused-ring (bicyclic) bond motifs is 1. The minimum Gasteiger partial charge on any atom is -0.444 e. The molecule has 7 N–H and O–H groups in total. The van der Waals surface area contributed by atoms with E-state index in [9.17, 15) is 14.9 Å². The predicted molar refractivity (Wildman–Crippen MR) is 199 cm³/mol. The average Bonchev–Trinajstić information content (AvgIpc) is 3.04. The Morgan fingerprint density at radius 1 is 0.922 bits per heavy atom. The van der Waals surface area contributed by atoms with E-state index in [0.717, 1.165) is 55.1 Å². The summed E-state index contributed by atoms with van der Waals surface area (Å²) in [7, 11) is 0. The van der Waals surface area contributed by atoms with Crippen LogP contribution in [0.5, 0.6) is 0 Å².